The largest absolute Gasteiger partial charge is 0.383 e. The predicted octanol–water partition coefficient (Wildman–Crippen LogP) is 1.78. The summed E-state index contributed by atoms with van der Waals surface area (Å²) in [6.45, 7) is 6.76. The first-order chi connectivity index (χ1) is 14.0. The number of carbonyl (C=O) groups excluding carboxylic acids is 1. The number of nitrogens with zero attached hydrogens (tertiary/aromatic N) is 3. The second-order valence-corrected chi connectivity index (χ2v) is 8.46. The number of hydrogen-bond acceptors (Lipinski definition) is 5. The molecule has 1 amide bonds. The molecule has 1 saturated carbocycles. The van der Waals surface area contributed by atoms with Crippen LogP contribution in [0.15, 0.2) is 9.59 Å². The van der Waals surface area contributed by atoms with Gasteiger partial charge in [0.1, 0.15) is 5.82 Å². The molecule has 2 fully saturated rings. The number of anilines is 2. The van der Waals surface area contributed by atoms with Crippen LogP contribution in [0.1, 0.15) is 58.8 Å². The maximum Gasteiger partial charge on any atom is 0.330 e. The Labute approximate surface area is 172 Å². The van der Waals surface area contributed by atoms with Crippen LogP contribution in [0.2, 0.25) is 0 Å². The number of aromatic amines is 1. The second kappa shape index (κ2) is 9.61. The number of nitrogens with one attached hydrogen (secondary N) is 1. The van der Waals surface area contributed by atoms with Crippen molar-refractivity contribution in [2.45, 2.75) is 65.3 Å². The number of nitrogens with two attached hydrogens (primary N) is 1. The zero-order chi connectivity index (χ0) is 21.0. The molecule has 1 aromatic rings. The zero-order valence-electron chi connectivity index (χ0n) is 17.8. The summed E-state index contributed by atoms with van der Waals surface area (Å²) in [6.07, 6.45) is 8.00. The lowest BCUT2D eigenvalue weighted by Gasteiger charge is -2.41. The van der Waals surface area contributed by atoms with Gasteiger partial charge in [-0.25, -0.2) is 4.79 Å². The van der Waals surface area contributed by atoms with Gasteiger partial charge in [0.25, 0.3) is 5.56 Å². The van der Waals surface area contributed by atoms with E-state index in [4.69, 9.17) is 5.73 Å². The molecule has 2 atom stereocenters. The maximum absolute atomic E-state index is 13.1. The number of rotatable bonds is 7. The van der Waals surface area contributed by atoms with Crippen LogP contribution in [0, 0.1) is 11.8 Å². The fourth-order valence-electron chi connectivity index (χ4n) is 4.93. The first-order valence-corrected chi connectivity index (χ1v) is 11.1. The summed E-state index contributed by atoms with van der Waals surface area (Å²) < 4.78 is 1.36. The number of unbranched alkanes of at least 4 members (excludes halogenated alkanes) is 1. The molecule has 1 saturated heterocycles. The molecule has 0 bridgehead atoms. The van der Waals surface area contributed by atoms with E-state index in [9.17, 15) is 14.4 Å². The average molecular weight is 406 g/mol. The average Bonchev–Trinajstić information content (AvgIpc) is 2.70. The Morgan fingerprint density at radius 1 is 1.17 bits per heavy atom. The molecule has 0 radical (unpaired) electrons. The van der Waals surface area contributed by atoms with Gasteiger partial charge in [-0.3, -0.25) is 24.0 Å². The van der Waals surface area contributed by atoms with E-state index in [1.165, 1.54) is 35.2 Å². The Kier molecular flexibility index (Phi) is 7.16. The second-order valence-electron chi connectivity index (χ2n) is 8.46. The minimum absolute atomic E-state index is 0.0772. The molecule has 3 N–H and O–H groups in total. The van der Waals surface area contributed by atoms with E-state index >= 15 is 0 Å². The summed E-state index contributed by atoms with van der Waals surface area (Å²) in [5, 5.41) is 0. The number of hydrogen-bond donors (Lipinski definition) is 2. The summed E-state index contributed by atoms with van der Waals surface area (Å²) in [7, 11) is 0. The number of likely N-dealkylation sites (N-methyl/N-ethyl adjacent to an activating group) is 1. The summed E-state index contributed by atoms with van der Waals surface area (Å²) in [6, 6.07) is 0. The number of likely N-dealkylation sites (tertiary alicyclic amines) is 1. The van der Waals surface area contributed by atoms with E-state index in [0.717, 1.165) is 38.3 Å². The van der Waals surface area contributed by atoms with Gasteiger partial charge in [-0.2, -0.15) is 0 Å². The number of aromatic nitrogens is 2. The molecule has 162 valence electrons. The molecular formula is C21H35N5O3. The standard InChI is InChI=1S/C21H35N5O3/c1-3-5-11-26-19(22)18(20(28)23-21(26)29)25(4-2)17(27)14-24-12-10-15-8-6-7-9-16(15)13-24/h15-16H,3-14,22H2,1-2H3,(H,23,28,29)/t15-,16-/m1/s1. The molecule has 0 unspecified atom stereocenters. The number of carbonyl (C=O) groups is 1. The van der Waals surface area contributed by atoms with Gasteiger partial charge in [0.15, 0.2) is 5.69 Å². The van der Waals surface area contributed by atoms with Gasteiger partial charge in [-0.15, -0.1) is 0 Å². The normalized spacial score (nSPS) is 22.3. The zero-order valence-corrected chi connectivity index (χ0v) is 17.8. The van der Waals surface area contributed by atoms with Crippen molar-refractivity contribution in [3.63, 3.8) is 0 Å². The van der Waals surface area contributed by atoms with Gasteiger partial charge < -0.3 is 10.6 Å². The number of H-pyrrole nitrogens is 1. The molecule has 3 rings (SSSR count). The Morgan fingerprint density at radius 2 is 1.90 bits per heavy atom. The van der Waals surface area contributed by atoms with Crippen molar-refractivity contribution in [2.75, 3.05) is 36.8 Å². The summed E-state index contributed by atoms with van der Waals surface area (Å²) in [5.74, 6) is 1.43. The third-order valence-electron chi connectivity index (χ3n) is 6.57. The molecule has 1 aliphatic carbocycles. The first-order valence-electron chi connectivity index (χ1n) is 11.1. The highest BCUT2D eigenvalue weighted by atomic mass is 16.2. The van der Waals surface area contributed by atoms with E-state index < -0.39 is 11.2 Å². The van der Waals surface area contributed by atoms with Crippen LogP contribution in [-0.2, 0) is 11.3 Å². The molecule has 8 nitrogen and oxygen atoms in total. The van der Waals surface area contributed by atoms with Gasteiger partial charge in [-0.05, 0) is 44.6 Å². The smallest absolute Gasteiger partial charge is 0.330 e. The molecule has 0 spiro atoms. The van der Waals surface area contributed by atoms with Crippen molar-refractivity contribution in [3.8, 4) is 0 Å². The topological polar surface area (TPSA) is 104 Å². The third-order valence-corrected chi connectivity index (χ3v) is 6.57. The van der Waals surface area contributed by atoms with Crippen LogP contribution >= 0.6 is 0 Å². The number of fused-ring (bicyclic) bond motifs is 1. The molecule has 8 heteroatoms. The van der Waals surface area contributed by atoms with E-state index in [2.05, 4.69) is 9.88 Å². The molecule has 2 aliphatic rings. The lowest BCUT2D eigenvalue weighted by molar-refractivity contribution is -0.120. The first kappa shape index (κ1) is 21.6. The Hall–Kier alpha value is -2.09. The fourth-order valence-corrected chi connectivity index (χ4v) is 4.93. The van der Waals surface area contributed by atoms with Crippen LogP contribution in [0.4, 0.5) is 11.5 Å². The third kappa shape index (κ3) is 4.74. The molecule has 0 aromatic carbocycles. The summed E-state index contributed by atoms with van der Waals surface area (Å²) in [4.78, 5) is 43.8. The lowest BCUT2D eigenvalue weighted by Crippen LogP contribution is -2.49. The van der Waals surface area contributed by atoms with Crippen LogP contribution in [0.3, 0.4) is 0 Å². The van der Waals surface area contributed by atoms with E-state index in [1.54, 1.807) is 0 Å². The Bertz CT molecular complexity index is 831. The number of nitrogen functional groups attached to an aromatic ring is 1. The van der Waals surface area contributed by atoms with Gasteiger partial charge in [-0.1, -0.05) is 32.6 Å². The van der Waals surface area contributed by atoms with Crippen LogP contribution in [0.5, 0.6) is 0 Å². The summed E-state index contributed by atoms with van der Waals surface area (Å²) >= 11 is 0. The van der Waals surface area contributed by atoms with Gasteiger partial charge in [0.05, 0.1) is 6.54 Å². The van der Waals surface area contributed by atoms with Gasteiger partial charge in [0.2, 0.25) is 5.91 Å². The lowest BCUT2D eigenvalue weighted by atomic mass is 9.75. The Morgan fingerprint density at radius 3 is 2.59 bits per heavy atom. The van der Waals surface area contributed by atoms with Crippen LogP contribution < -0.4 is 21.9 Å². The van der Waals surface area contributed by atoms with Crippen molar-refractivity contribution in [1.29, 1.82) is 0 Å². The molecular weight excluding hydrogens is 370 g/mol. The SMILES string of the molecule is CCCCn1c(N)c(N(CC)C(=O)CN2CC[C@H]3CCCC[C@@H]3C2)c(=O)[nH]c1=O. The van der Waals surface area contributed by atoms with Crippen LogP contribution in [0.25, 0.3) is 0 Å². The fraction of sp³-hybridized carbons (Fsp3) is 0.762. The Balaban J connectivity index is 1.77. The van der Waals surface area contributed by atoms with Crippen LogP contribution in [-0.4, -0.2) is 46.5 Å². The van der Waals surface area contributed by atoms with Crippen molar-refractivity contribution in [3.05, 3.63) is 20.8 Å². The van der Waals surface area contributed by atoms with Crippen molar-refractivity contribution >= 4 is 17.4 Å². The molecule has 1 aliphatic heterocycles. The highest BCUT2D eigenvalue weighted by Crippen LogP contribution is 2.36. The van der Waals surface area contributed by atoms with E-state index in [1.807, 2.05) is 13.8 Å². The predicted molar refractivity (Wildman–Crippen MR) is 115 cm³/mol. The van der Waals surface area contributed by atoms with Crippen molar-refractivity contribution in [1.82, 2.24) is 14.5 Å². The quantitative estimate of drug-likeness (QED) is 0.720. The van der Waals surface area contributed by atoms with E-state index in [-0.39, 0.29) is 24.0 Å². The van der Waals surface area contributed by atoms with Crippen molar-refractivity contribution in [2.24, 2.45) is 11.8 Å². The number of amides is 1. The summed E-state index contributed by atoms with van der Waals surface area (Å²) in [5.41, 5.74) is 5.18. The minimum atomic E-state index is -0.596. The molecule has 29 heavy (non-hydrogen) atoms. The van der Waals surface area contributed by atoms with E-state index in [0.29, 0.717) is 19.0 Å². The highest BCUT2D eigenvalue weighted by Gasteiger charge is 2.33. The monoisotopic (exact) mass is 405 g/mol. The minimum Gasteiger partial charge on any atom is -0.383 e. The van der Waals surface area contributed by atoms with Crippen molar-refractivity contribution < 1.29 is 4.79 Å². The number of piperidine rings is 1. The van der Waals surface area contributed by atoms with Gasteiger partial charge in [0, 0.05) is 19.6 Å². The van der Waals surface area contributed by atoms with Gasteiger partial charge >= 0.3 is 5.69 Å². The molecule has 2 heterocycles. The highest BCUT2D eigenvalue weighted by molar-refractivity contribution is 5.96. The maximum atomic E-state index is 13.1. The molecule has 1 aromatic heterocycles.